The van der Waals surface area contributed by atoms with Crippen molar-refractivity contribution in [3.8, 4) is 12.3 Å². The Kier molecular flexibility index (Phi) is 1.65. The lowest BCUT2D eigenvalue weighted by Gasteiger charge is -2.22. The molecule has 0 atom stereocenters. The number of aromatic amines is 1. The predicted octanol–water partition coefficient (Wildman–Crippen LogP) is 1.97. The molecule has 0 unspecified atom stereocenters. The highest BCUT2D eigenvalue weighted by molar-refractivity contribution is 5.30. The largest absolute Gasteiger partial charge is 0.345 e. The van der Waals surface area contributed by atoms with Gasteiger partial charge in [-0.05, 0) is 25.7 Å². The molecular weight excluding hydrogens is 148 g/mol. The number of hydrogen-bond donors (Lipinski definition) is 1. The van der Waals surface area contributed by atoms with Crippen LogP contribution in [0.4, 0.5) is 0 Å². The first-order chi connectivity index (χ1) is 5.81. The molecule has 1 aromatic rings. The highest BCUT2D eigenvalue weighted by Crippen LogP contribution is 2.34. The lowest BCUT2D eigenvalue weighted by molar-refractivity contribution is 0.403. The molecule has 12 heavy (non-hydrogen) atoms. The molecule has 0 amide bonds. The van der Waals surface area contributed by atoms with Crippen LogP contribution in [0.3, 0.4) is 0 Å². The van der Waals surface area contributed by atoms with Gasteiger partial charge in [0, 0.05) is 11.6 Å². The summed E-state index contributed by atoms with van der Waals surface area (Å²) in [7, 11) is 0. The quantitative estimate of drug-likeness (QED) is 0.625. The van der Waals surface area contributed by atoms with Crippen LogP contribution in [0.1, 0.15) is 42.4 Å². The van der Waals surface area contributed by atoms with E-state index < -0.39 is 0 Å². The Bertz CT molecular complexity index is 326. The van der Waals surface area contributed by atoms with E-state index in [0.717, 1.165) is 17.2 Å². The van der Waals surface area contributed by atoms with Crippen molar-refractivity contribution in [1.82, 2.24) is 9.97 Å². The minimum absolute atomic E-state index is 0.644. The van der Waals surface area contributed by atoms with Crippen molar-refractivity contribution in [2.24, 2.45) is 0 Å². The zero-order valence-corrected chi connectivity index (χ0v) is 7.22. The Labute approximate surface area is 72.4 Å². The van der Waals surface area contributed by atoms with Gasteiger partial charge in [-0.2, -0.15) is 0 Å². The molecular formula is C10H12N2. The van der Waals surface area contributed by atoms with Crippen molar-refractivity contribution >= 4 is 0 Å². The molecule has 1 saturated carbocycles. The number of aryl methyl sites for hydroxylation is 1. The second kappa shape index (κ2) is 2.67. The van der Waals surface area contributed by atoms with Gasteiger partial charge in [0.05, 0.1) is 0 Å². The number of imidazole rings is 1. The van der Waals surface area contributed by atoms with E-state index >= 15 is 0 Å². The summed E-state index contributed by atoms with van der Waals surface area (Å²) in [6.07, 6.45) is 9.14. The van der Waals surface area contributed by atoms with Crippen LogP contribution in [0.15, 0.2) is 0 Å². The van der Waals surface area contributed by atoms with E-state index in [2.05, 4.69) is 15.9 Å². The third-order valence-corrected chi connectivity index (χ3v) is 2.53. The standard InChI is InChI=1S/C10H12N2/c1-3-9-7(2)11-10(12-9)8-5-4-6-8/h1,8H,4-6H2,2H3,(H,11,12). The predicted molar refractivity (Wildman–Crippen MR) is 47.9 cm³/mol. The van der Waals surface area contributed by atoms with Crippen LogP contribution in [0.2, 0.25) is 0 Å². The van der Waals surface area contributed by atoms with Crippen LogP contribution in [0, 0.1) is 19.3 Å². The van der Waals surface area contributed by atoms with Crippen molar-refractivity contribution < 1.29 is 0 Å². The summed E-state index contributed by atoms with van der Waals surface area (Å²) in [5.41, 5.74) is 1.80. The maximum Gasteiger partial charge on any atom is 0.134 e. The Morgan fingerprint density at radius 2 is 2.33 bits per heavy atom. The normalized spacial score (nSPS) is 17.0. The van der Waals surface area contributed by atoms with Crippen LogP contribution in [0.25, 0.3) is 0 Å². The second-order valence-corrected chi connectivity index (χ2v) is 3.37. The summed E-state index contributed by atoms with van der Waals surface area (Å²) in [5.74, 6) is 4.31. The van der Waals surface area contributed by atoms with E-state index in [-0.39, 0.29) is 0 Å². The summed E-state index contributed by atoms with van der Waals surface area (Å²) in [6.45, 7) is 1.98. The SMILES string of the molecule is C#Cc1nc(C2CCC2)[nH]c1C. The zero-order valence-electron chi connectivity index (χ0n) is 7.22. The van der Waals surface area contributed by atoms with Crippen LogP contribution in [-0.4, -0.2) is 9.97 Å². The maximum absolute atomic E-state index is 5.29. The van der Waals surface area contributed by atoms with Gasteiger partial charge >= 0.3 is 0 Å². The molecule has 1 aliphatic rings. The average molecular weight is 160 g/mol. The number of rotatable bonds is 1. The first-order valence-electron chi connectivity index (χ1n) is 4.34. The van der Waals surface area contributed by atoms with Crippen LogP contribution in [0.5, 0.6) is 0 Å². The van der Waals surface area contributed by atoms with Crippen molar-refractivity contribution in [2.75, 3.05) is 0 Å². The van der Waals surface area contributed by atoms with Gasteiger partial charge in [-0.1, -0.05) is 6.42 Å². The Balaban J connectivity index is 2.28. The molecule has 2 heteroatoms. The van der Waals surface area contributed by atoms with Crippen molar-refractivity contribution in [1.29, 1.82) is 0 Å². The van der Waals surface area contributed by atoms with Gasteiger partial charge < -0.3 is 4.98 Å². The molecule has 0 radical (unpaired) electrons. The number of hydrogen-bond acceptors (Lipinski definition) is 1. The highest BCUT2D eigenvalue weighted by atomic mass is 14.9. The first kappa shape index (κ1) is 7.42. The van der Waals surface area contributed by atoms with Gasteiger partial charge in [0.15, 0.2) is 0 Å². The number of nitrogens with zero attached hydrogens (tertiary/aromatic N) is 1. The lowest BCUT2D eigenvalue weighted by Crippen LogP contribution is -2.10. The molecule has 0 aromatic carbocycles. The number of terminal acetylenes is 1. The second-order valence-electron chi connectivity index (χ2n) is 3.37. The number of nitrogens with one attached hydrogen (secondary N) is 1. The Morgan fingerprint density at radius 1 is 1.58 bits per heavy atom. The lowest BCUT2D eigenvalue weighted by atomic mass is 9.85. The smallest absolute Gasteiger partial charge is 0.134 e. The summed E-state index contributed by atoms with van der Waals surface area (Å²) >= 11 is 0. The third kappa shape index (κ3) is 1.02. The molecule has 0 bridgehead atoms. The average Bonchev–Trinajstić information content (AvgIpc) is 2.27. The van der Waals surface area contributed by atoms with Crippen molar-refractivity contribution in [3.05, 3.63) is 17.2 Å². The van der Waals surface area contributed by atoms with E-state index in [4.69, 9.17) is 6.42 Å². The van der Waals surface area contributed by atoms with Gasteiger partial charge in [-0.3, -0.25) is 0 Å². The molecule has 0 spiro atoms. The summed E-state index contributed by atoms with van der Waals surface area (Å²) in [6, 6.07) is 0. The number of H-pyrrole nitrogens is 1. The van der Waals surface area contributed by atoms with Gasteiger partial charge in [0.1, 0.15) is 11.5 Å². The van der Waals surface area contributed by atoms with Crippen LogP contribution in [-0.2, 0) is 0 Å². The molecule has 62 valence electrons. The summed E-state index contributed by atoms with van der Waals surface area (Å²) < 4.78 is 0. The Morgan fingerprint density at radius 3 is 2.75 bits per heavy atom. The molecule has 1 fully saturated rings. The van der Waals surface area contributed by atoms with Crippen molar-refractivity contribution in [2.45, 2.75) is 32.1 Å². The van der Waals surface area contributed by atoms with Crippen LogP contribution < -0.4 is 0 Å². The van der Waals surface area contributed by atoms with Gasteiger partial charge in [0.2, 0.25) is 0 Å². The Hall–Kier alpha value is -1.23. The van der Waals surface area contributed by atoms with E-state index in [0.29, 0.717) is 5.92 Å². The molecule has 2 rings (SSSR count). The van der Waals surface area contributed by atoms with Gasteiger partial charge in [0.25, 0.3) is 0 Å². The monoisotopic (exact) mass is 160 g/mol. The maximum atomic E-state index is 5.29. The summed E-state index contributed by atoms with van der Waals surface area (Å²) in [5, 5.41) is 0. The summed E-state index contributed by atoms with van der Waals surface area (Å²) in [4.78, 5) is 7.60. The van der Waals surface area contributed by atoms with Gasteiger partial charge in [-0.15, -0.1) is 6.42 Å². The molecule has 0 aliphatic heterocycles. The van der Waals surface area contributed by atoms with Crippen LogP contribution >= 0.6 is 0 Å². The molecule has 0 saturated heterocycles. The fraction of sp³-hybridized carbons (Fsp3) is 0.500. The van der Waals surface area contributed by atoms with E-state index in [1.165, 1.54) is 19.3 Å². The topological polar surface area (TPSA) is 28.7 Å². The highest BCUT2D eigenvalue weighted by Gasteiger charge is 2.22. The fourth-order valence-corrected chi connectivity index (χ4v) is 1.50. The first-order valence-corrected chi connectivity index (χ1v) is 4.34. The van der Waals surface area contributed by atoms with Crippen molar-refractivity contribution in [3.63, 3.8) is 0 Å². The van der Waals surface area contributed by atoms with E-state index in [1.807, 2.05) is 6.92 Å². The minimum Gasteiger partial charge on any atom is -0.345 e. The molecule has 1 N–H and O–H groups in total. The molecule has 1 aliphatic carbocycles. The molecule has 1 aromatic heterocycles. The van der Waals surface area contributed by atoms with E-state index in [9.17, 15) is 0 Å². The molecule has 2 nitrogen and oxygen atoms in total. The molecule has 1 heterocycles. The number of aromatic nitrogens is 2. The minimum atomic E-state index is 0.644. The fourth-order valence-electron chi connectivity index (χ4n) is 1.50. The third-order valence-electron chi connectivity index (χ3n) is 2.53. The van der Waals surface area contributed by atoms with E-state index in [1.54, 1.807) is 0 Å². The van der Waals surface area contributed by atoms with Gasteiger partial charge in [-0.25, -0.2) is 4.98 Å². The zero-order chi connectivity index (χ0) is 8.55.